The van der Waals surface area contributed by atoms with Gasteiger partial charge in [0.25, 0.3) is 0 Å². The minimum atomic E-state index is -0.492. The van der Waals surface area contributed by atoms with Gasteiger partial charge in [0.15, 0.2) is 0 Å². The first-order chi connectivity index (χ1) is 7.78. The lowest BCUT2D eigenvalue weighted by molar-refractivity contribution is 0.0497. The molecule has 1 aromatic heterocycles. The smallest absolute Gasteiger partial charge is 0.422 e. The van der Waals surface area contributed by atoms with Gasteiger partial charge in [0.05, 0.1) is 0 Å². The first-order valence-electron chi connectivity index (χ1n) is 5.18. The van der Waals surface area contributed by atoms with E-state index < -0.39 is 11.7 Å². The molecule has 96 valence electrons. The van der Waals surface area contributed by atoms with Crippen molar-refractivity contribution in [1.29, 1.82) is 0 Å². The minimum Gasteiger partial charge on any atom is -0.443 e. The Morgan fingerprint density at radius 3 is 2.71 bits per heavy atom. The summed E-state index contributed by atoms with van der Waals surface area (Å²) in [4.78, 5) is 11.3. The van der Waals surface area contributed by atoms with E-state index in [2.05, 4.69) is 38.5 Å². The first-order valence-corrected chi connectivity index (χ1v) is 6.25. The van der Waals surface area contributed by atoms with Crippen molar-refractivity contribution in [2.24, 2.45) is 7.05 Å². The Morgan fingerprint density at radius 2 is 2.24 bits per heavy atom. The van der Waals surface area contributed by atoms with Crippen molar-refractivity contribution in [1.82, 2.24) is 20.6 Å². The topological polar surface area (TPSA) is 68.2 Å². The quantitative estimate of drug-likeness (QED) is 0.640. The maximum atomic E-state index is 11.3. The summed E-state index contributed by atoms with van der Waals surface area (Å²) in [5.41, 5.74) is 5.79. The number of aryl methyl sites for hydroxylation is 1. The molecule has 1 heterocycles. The zero-order valence-corrected chi connectivity index (χ0v) is 12.5. The van der Waals surface area contributed by atoms with Crippen LogP contribution in [0.15, 0.2) is 6.20 Å². The maximum absolute atomic E-state index is 11.3. The van der Waals surface area contributed by atoms with Crippen LogP contribution in [0.2, 0.25) is 0 Å². The summed E-state index contributed by atoms with van der Waals surface area (Å²) in [6, 6.07) is 0. The standard InChI is InChI=1S/C10H17IN4O2/c1-10(2,3)17-9(16)13-12-5-7-6-15(4)14-8(7)11/h6,12H,5H2,1-4H3,(H,13,16). The summed E-state index contributed by atoms with van der Waals surface area (Å²) >= 11 is 2.14. The molecule has 0 unspecified atom stereocenters. The van der Waals surface area contributed by atoms with Gasteiger partial charge in [-0.15, -0.1) is 0 Å². The van der Waals surface area contributed by atoms with E-state index in [1.54, 1.807) is 4.68 Å². The molecule has 0 saturated carbocycles. The zero-order valence-electron chi connectivity index (χ0n) is 10.4. The minimum absolute atomic E-state index is 0.489. The lowest BCUT2D eigenvalue weighted by Crippen LogP contribution is -2.40. The lowest BCUT2D eigenvalue weighted by Gasteiger charge is -2.19. The number of hydrazine groups is 1. The number of carbonyl (C=O) groups is 1. The van der Waals surface area contributed by atoms with Crippen LogP contribution in [0.1, 0.15) is 26.3 Å². The Kier molecular flexibility index (Phi) is 4.75. The summed E-state index contributed by atoms with van der Waals surface area (Å²) in [5.74, 6) is 0. The van der Waals surface area contributed by atoms with Gasteiger partial charge in [-0.1, -0.05) is 0 Å². The Hall–Kier alpha value is -0.830. The van der Waals surface area contributed by atoms with Gasteiger partial charge in [0.1, 0.15) is 9.30 Å². The van der Waals surface area contributed by atoms with Crippen LogP contribution in [0.3, 0.4) is 0 Å². The average molecular weight is 352 g/mol. The van der Waals surface area contributed by atoms with Gasteiger partial charge in [-0.05, 0) is 43.4 Å². The van der Waals surface area contributed by atoms with Crippen LogP contribution in [0.5, 0.6) is 0 Å². The molecule has 0 aliphatic rings. The van der Waals surface area contributed by atoms with Gasteiger partial charge in [0.2, 0.25) is 0 Å². The zero-order chi connectivity index (χ0) is 13.1. The molecule has 0 saturated heterocycles. The number of nitrogens with one attached hydrogen (secondary N) is 2. The average Bonchev–Trinajstić information content (AvgIpc) is 2.42. The van der Waals surface area contributed by atoms with Gasteiger partial charge in [-0.25, -0.2) is 10.2 Å². The Labute approximate surface area is 114 Å². The number of carbonyl (C=O) groups excluding carboxylic acids is 1. The molecular weight excluding hydrogens is 335 g/mol. The third-order valence-corrected chi connectivity index (χ3v) is 2.63. The second kappa shape index (κ2) is 5.67. The van der Waals surface area contributed by atoms with E-state index in [1.807, 2.05) is 34.0 Å². The molecule has 0 fully saturated rings. The van der Waals surface area contributed by atoms with E-state index >= 15 is 0 Å². The van der Waals surface area contributed by atoms with E-state index in [-0.39, 0.29) is 0 Å². The van der Waals surface area contributed by atoms with Crippen LogP contribution in [0.25, 0.3) is 0 Å². The van der Waals surface area contributed by atoms with Gasteiger partial charge in [-0.3, -0.25) is 10.1 Å². The Bertz CT molecular complexity index is 398. The number of rotatable bonds is 3. The third kappa shape index (κ3) is 5.35. The second-order valence-electron chi connectivity index (χ2n) is 4.60. The van der Waals surface area contributed by atoms with Crippen molar-refractivity contribution in [2.45, 2.75) is 32.9 Å². The molecule has 0 atom stereocenters. The van der Waals surface area contributed by atoms with Crippen LogP contribution in [0, 0.1) is 3.70 Å². The molecule has 0 bridgehead atoms. The van der Waals surface area contributed by atoms with Crippen LogP contribution < -0.4 is 10.9 Å². The SMILES string of the molecule is Cn1cc(CNNC(=O)OC(C)(C)C)c(I)n1. The number of ether oxygens (including phenoxy) is 1. The maximum Gasteiger partial charge on any atom is 0.422 e. The van der Waals surface area contributed by atoms with E-state index in [0.29, 0.717) is 6.54 Å². The Morgan fingerprint density at radius 1 is 1.59 bits per heavy atom. The largest absolute Gasteiger partial charge is 0.443 e. The molecule has 1 amide bonds. The molecular formula is C10H17IN4O2. The highest BCUT2D eigenvalue weighted by atomic mass is 127. The van der Waals surface area contributed by atoms with Crippen LogP contribution >= 0.6 is 22.6 Å². The summed E-state index contributed by atoms with van der Waals surface area (Å²) in [5, 5.41) is 4.19. The molecule has 2 N–H and O–H groups in total. The monoisotopic (exact) mass is 352 g/mol. The fourth-order valence-corrected chi connectivity index (χ4v) is 1.81. The van der Waals surface area contributed by atoms with Gasteiger partial charge < -0.3 is 4.74 Å². The summed E-state index contributed by atoms with van der Waals surface area (Å²) in [6.07, 6.45) is 1.40. The number of halogens is 1. The van der Waals surface area contributed by atoms with E-state index in [4.69, 9.17) is 4.74 Å². The summed E-state index contributed by atoms with van der Waals surface area (Å²) in [6.45, 7) is 5.95. The van der Waals surface area contributed by atoms with Crippen molar-refractivity contribution in [3.63, 3.8) is 0 Å². The van der Waals surface area contributed by atoms with Crippen LogP contribution in [-0.4, -0.2) is 21.5 Å². The molecule has 0 aliphatic carbocycles. The number of hydrogen-bond donors (Lipinski definition) is 2. The molecule has 6 nitrogen and oxygen atoms in total. The predicted molar refractivity (Wildman–Crippen MR) is 72.1 cm³/mol. The summed E-state index contributed by atoms with van der Waals surface area (Å²) in [7, 11) is 1.85. The normalized spacial score (nSPS) is 11.4. The molecule has 0 spiro atoms. The Balaban J connectivity index is 2.33. The highest BCUT2D eigenvalue weighted by Gasteiger charge is 2.15. The molecule has 7 heteroatoms. The first kappa shape index (κ1) is 14.2. The van der Waals surface area contributed by atoms with Crippen LogP contribution in [0.4, 0.5) is 4.79 Å². The number of aromatic nitrogens is 2. The van der Waals surface area contributed by atoms with Crippen molar-refractivity contribution in [3.8, 4) is 0 Å². The van der Waals surface area contributed by atoms with Gasteiger partial charge in [0, 0.05) is 25.4 Å². The predicted octanol–water partition coefficient (Wildman–Crippen LogP) is 1.55. The van der Waals surface area contributed by atoms with E-state index in [9.17, 15) is 4.79 Å². The van der Waals surface area contributed by atoms with Crippen molar-refractivity contribution < 1.29 is 9.53 Å². The highest BCUT2D eigenvalue weighted by molar-refractivity contribution is 14.1. The fourth-order valence-electron chi connectivity index (χ4n) is 1.14. The van der Waals surface area contributed by atoms with Crippen molar-refractivity contribution in [3.05, 3.63) is 15.5 Å². The number of hydrogen-bond acceptors (Lipinski definition) is 4. The fraction of sp³-hybridized carbons (Fsp3) is 0.600. The number of nitrogens with zero attached hydrogens (tertiary/aromatic N) is 2. The summed E-state index contributed by atoms with van der Waals surface area (Å²) < 4.78 is 7.71. The number of amides is 1. The van der Waals surface area contributed by atoms with Gasteiger partial charge in [-0.2, -0.15) is 5.10 Å². The molecule has 0 aromatic carbocycles. The highest BCUT2D eigenvalue weighted by Crippen LogP contribution is 2.08. The molecule has 1 aromatic rings. The van der Waals surface area contributed by atoms with Gasteiger partial charge >= 0.3 is 6.09 Å². The van der Waals surface area contributed by atoms with Crippen LogP contribution in [-0.2, 0) is 18.3 Å². The lowest BCUT2D eigenvalue weighted by atomic mass is 10.2. The van der Waals surface area contributed by atoms with E-state index in [0.717, 1.165) is 9.26 Å². The molecule has 0 radical (unpaired) electrons. The van der Waals surface area contributed by atoms with Crippen molar-refractivity contribution >= 4 is 28.7 Å². The third-order valence-electron chi connectivity index (χ3n) is 1.72. The second-order valence-corrected chi connectivity index (χ2v) is 5.62. The van der Waals surface area contributed by atoms with E-state index in [1.165, 1.54) is 0 Å². The molecule has 1 rings (SSSR count). The molecule has 0 aliphatic heterocycles. The molecule has 17 heavy (non-hydrogen) atoms. The van der Waals surface area contributed by atoms with Crippen molar-refractivity contribution in [2.75, 3.05) is 0 Å².